The highest BCUT2D eigenvalue weighted by molar-refractivity contribution is 7.92. The molecule has 0 aliphatic heterocycles. The summed E-state index contributed by atoms with van der Waals surface area (Å²) in [6.45, 7) is 5.52. The van der Waals surface area contributed by atoms with Gasteiger partial charge in [-0.3, -0.25) is 13.9 Å². The molecule has 0 radical (unpaired) electrons. The maximum Gasteiger partial charge on any atom is 0.264 e. The molecule has 7 nitrogen and oxygen atoms in total. The van der Waals surface area contributed by atoms with Crippen LogP contribution in [0.4, 0.5) is 10.1 Å². The van der Waals surface area contributed by atoms with Crippen LogP contribution < -0.4 is 9.62 Å². The van der Waals surface area contributed by atoms with E-state index in [1.165, 1.54) is 41.3 Å². The third-order valence-corrected chi connectivity index (χ3v) is 9.26. The van der Waals surface area contributed by atoms with E-state index in [9.17, 15) is 22.4 Å². The van der Waals surface area contributed by atoms with Crippen LogP contribution in [-0.2, 0) is 32.6 Å². The molecule has 4 aromatic rings. The Kier molecular flexibility index (Phi) is 11.4. The lowest BCUT2D eigenvalue weighted by Gasteiger charge is -2.34. The van der Waals surface area contributed by atoms with Crippen molar-refractivity contribution in [2.24, 2.45) is 5.92 Å². The number of amides is 2. The quantitative estimate of drug-likeness (QED) is 0.182. The fourth-order valence-corrected chi connectivity index (χ4v) is 6.28. The van der Waals surface area contributed by atoms with Gasteiger partial charge in [-0.2, -0.15) is 0 Å². The maximum absolute atomic E-state index is 14.4. The Morgan fingerprint density at radius 1 is 0.844 bits per heavy atom. The number of halogens is 2. The average molecular weight is 650 g/mol. The number of rotatable bonds is 13. The summed E-state index contributed by atoms with van der Waals surface area (Å²) in [7, 11) is -4.22. The third kappa shape index (κ3) is 9.15. The van der Waals surface area contributed by atoms with E-state index in [0.717, 1.165) is 15.4 Å². The van der Waals surface area contributed by atoms with Gasteiger partial charge in [0.15, 0.2) is 0 Å². The Morgan fingerprint density at radius 2 is 1.47 bits per heavy atom. The normalized spacial score (nSPS) is 12.0. The molecule has 0 aliphatic rings. The van der Waals surface area contributed by atoms with Gasteiger partial charge in [-0.25, -0.2) is 12.8 Å². The first-order valence-electron chi connectivity index (χ1n) is 14.6. The van der Waals surface area contributed by atoms with E-state index in [4.69, 9.17) is 11.6 Å². The van der Waals surface area contributed by atoms with Crippen molar-refractivity contribution in [3.8, 4) is 0 Å². The lowest BCUT2D eigenvalue weighted by molar-refractivity contribution is -0.140. The standard InChI is InChI=1S/C35H37ClFN3O4S/c1-25(2)22-38-35(42)33(21-27-7-5-4-6-8-27)39(23-28-11-15-30(37)16-12-28)34(41)24-40(31-17-13-29(36)14-18-31)45(43,44)32-19-9-26(3)10-20-32/h4-20,25,33H,21-24H2,1-3H3,(H,38,42)/t33-/m1/s1. The molecule has 45 heavy (non-hydrogen) atoms. The summed E-state index contributed by atoms with van der Waals surface area (Å²) in [5.41, 5.74) is 2.52. The van der Waals surface area contributed by atoms with Crippen molar-refractivity contribution in [3.63, 3.8) is 0 Å². The lowest BCUT2D eigenvalue weighted by atomic mass is 10.0. The monoisotopic (exact) mass is 649 g/mol. The number of hydrogen-bond donors (Lipinski definition) is 1. The minimum Gasteiger partial charge on any atom is -0.354 e. The zero-order valence-corrected chi connectivity index (χ0v) is 27.1. The van der Waals surface area contributed by atoms with E-state index in [1.54, 1.807) is 36.4 Å². The van der Waals surface area contributed by atoms with Crippen LogP contribution in [0.15, 0.2) is 108 Å². The lowest BCUT2D eigenvalue weighted by Crippen LogP contribution is -2.53. The molecule has 0 unspecified atom stereocenters. The predicted molar refractivity (Wildman–Crippen MR) is 176 cm³/mol. The Morgan fingerprint density at radius 3 is 2.07 bits per heavy atom. The van der Waals surface area contributed by atoms with Crippen LogP contribution in [0.25, 0.3) is 0 Å². The van der Waals surface area contributed by atoms with Crippen molar-refractivity contribution in [1.82, 2.24) is 10.2 Å². The van der Waals surface area contributed by atoms with Gasteiger partial charge in [-0.15, -0.1) is 0 Å². The van der Waals surface area contributed by atoms with E-state index in [-0.39, 0.29) is 35.4 Å². The molecular weight excluding hydrogens is 613 g/mol. The number of nitrogens with zero attached hydrogens (tertiary/aromatic N) is 2. The zero-order chi connectivity index (χ0) is 32.6. The third-order valence-electron chi connectivity index (χ3n) is 7.22. The molecule has 4 aromatic carbocycles. The fourth-order valence-electron chi connectivity index (χ4n) is 4.74. The van der Waals surface area contributed by atoms with Crippen molar-refractivity contribution in [2.45, 2.75) is 44.7 Å². The summed E-state index contributed by atoms with van der Waals surface area (Å²) in [5.74, 6) is -1.26. The van der Waals surface area contributed by atoms with E-state index in [1.807, 2.05) is 51.1 Å². The van der Waals surface area contributed by atoms with Crippen LogP contribution in [-0.4, -0.2) is 44.3 Å². The Hall–Kier alpha value is -4.21. The second kappa shape index (κ2) is 15.2. The number of benzene rings is 4. The van der Waals surface area contributed by atoms with Gasteiger partial charge in [-0.1, -0.05) is 85.6 Å². The van der Waals surface area contributed by atoms with Crippen molar-refractivity contribution in [2.75, 3.05) is 17.4 Å². The zero-order valence-electron chi connectivity index (χ0n) is 25.5. The second-order valence-electron chi connectivity index (χ2n) is 11.3. The molecule has 0 saturated heterocycles. The van der Waals surface area contributed by atoms with Crippen LogP contribution in [0.3, 0.4) is 0 Å². The topological polar surface area (TPSA) is 86.8 Å². The molecule has 0 fully saturated rings. The summed E-state index contributed by atoms with van der Waals surface area (Å²) in [5, 5.41) is 3.35. The van der Waals surface area contributed by atoms with E-state index in [2.05, 4.69) is 5.32 Å². The number of anilines is 1. The molecule has 0 heterocycles. The van der Waals surface area contributed by atoms with Crippen molar-refractivity contribution in [3.05, 3.63) is 131 Å². The van der Waals surface area contributed by atoms with Gasteiger partial charge < -0.3 is 10.2 Å². The van der Waals surface area contributed by atoms with Gasteiger partial charge in [0, 0.05) is 24.5 Å². The van der Waals surface area contributed by atoms with Crippen molar-refractivity contribution >= 4 is 39.1 Å². The van der Waals surface area contributed by atoms with Crippen molar-refractivity contribution in [1.29, 1.82) is 0 Å². The van der Waals surface area contributed by atoms with Crippen LogP contribution in [0, 0.1) is 18.7 Å². The first kappa shape index (κ1) is 33.7. The highest BCUT2D eigenvalue weighted by atomic mass is 35.5. The van der Waals surface area contributed by atoms with Crippen molar-refractivity contribution < 1.29 is 22.4 Å². The molecule has 236 valence electrons. The summed E-state index contributed by atoms with van der Waals surface area (Å²) in [6, 6.07) is 26.5. The number of carbonyl (C=O) groups is 2. The summed E-state index contributed by atoms with van der Waals surface area (Å²) in [4.78, 5) is 29.6. The summed E-state index contributed by atoms with van der Waals surface area (Å²) >= 11 is 6.11. The Balaban J connectivity index is 1.79. The number of sulfonamides is 1. The Labute approximate surface area is 269 Å². The highest BCUT2D eigenvalue weighted by Crippen LogP contribution is 2.27. The molecule has 0 aromatic heterocycles. The molecule has 0 saturated carbocycles. The van der Waals surface area contributed by atoms with E-state index >= 15 is 0 Å². The van der Waals surface area contributed by atoms with E-state index < -0.39 is 34.3 Å². The minimum absolute atomic E-state index is 0.0106. The van der Waals surface area contributed by atoms with Gasteiger partial charge in [-0.05, 0) is 72.5 Å². The number of aryl methyl sites for hydroxylation is 1. The van der Waals surface area contributed by atoms with Gasteiger partial charge >= 0.3 is 0 Å². The number of nitrogens with one attached hydrogen (secondary N) is 1. The van der Waals surface area contributed by atoms with Crippen LogP contribution in [0.2, 0.25) is 5.02 Å². The smallest absolute Gasteiger partial charge is 0.264 e. The first-order valence-corrected chi connectivity index (χ1v) is 16.5. The molecule has 1 atom stereocenters. The maximum atomic E-state index is 14.4. The average Bonchev–Trinajstić information content (AvgIpc) is 3.02. The minimum atomic E-state index is -4.22. The van der Waals surface area contributed by atoms with Crippen LogP contribution in [0.5, 0.6) is 0 Å². The van der Waals surface area contributed by atoms with Crippen LogP contribution in [0.1, 0.15) is 30.5 Å². The molecule has 0 bridgehead atoms. The van der Waals surface area contributed by atoms with Crippen LogP contribution >= 0.6 is 11.6 Å². The van der Waals surface area contributed by atoms with Gasteiger partial charge in [0.05, 0.1) is 10.6 Å². The molecule has 0 spiro atoms. The fraction of sp³-hybridized carbons (Fsp3) is 0.257. The number of hydrogen-bond acceptors (Lipinski definition) is 4. The summed E-state index contributed by atoms with van der Waals surface area (Å²) in [6.07, 6.45) is 0.184. The van der Waals surface area contributed by atoms with Gasteiger partial charge in [0.1, 0.15) is 18.4 Å². The number of carbonyl (C=O) groups excluding carboxylic acids is 2. The van der Waals surface area contributed by atoms with Gasteiger partial charge in [0.2, 0.25) is 11.8 Å². The summed E-state index contributed by atoms with van der Waals surface area (Å²) < 4.78 is 43.0. The molecule has 4 rings (SSSR count). The molecule has 1 N–H and O–H groups in total. The molecule has 10 heteroatoms. The predicted octanol–water partition coefficient (Wildman–Crippen LogP) is 6.40. The molecule has 0 aliphatic carbocycles. The second-order valence-corrected chi connectivity index (χ2v) is 13.6. The molecule has 2 amide bonds. The highest BCUT2D eigenvalue weighted by Gasteiger charge is 2.34. The molecular formula is C35H37ClFN3O4S. The van der Waals surface area contributed by atoms with E-state index in [0.29, 0.717) is 17.1 Å². The largest absolute Gasteiger partial charge is 0.354 e. The Bertz CT molecular complexity index is 1680. The first-order chi connectivity index (χ1) is 21.4. The SMILES string of the molecule is Cc1ccc(S(=O)(=O)N(CC(=O)N(Cc2ccc(F)cc2)[C@H](Cc2ccccc2)C(=O)NCC(C)C)c2ccc(Cl)cc2)cc1. The van der Waals surface area contributed by atoms with Gasteiger partial charge in [0.25, 0.3) is 10.0 Å².